The summed E-state index contributed by atoms with van der Waals surface area (Å²) >= 11 is 0. The van der Waals surface area contributed by atoms with Crippen LogP contribution in [0, 0.1) is 35.5 Å². The molecule has 5 rings (SSSR count). The van der Waals surface area contributed by atoms with Crippen LogP contribution in [0.4, 0.5) is 0 Å². The second kappa shape index (κ2) is 27.8. The molecule has 3 saturated heterocycles. The van der Waals surface area contributed by atoms with Crippen molar-refractivity contribution < 1.29 is 67.3 Å². The van der Waals surface area contributed by atoms with E-state index >= 15 is 0 Å². The van der Waals surface area contributed by atoms with Gasteiger partial charge in [0.1, 0.15) is 30.1 Å². The number of cyclic esters (lactones) is 1. The molecule has 2 bridgehead atoms. The Balaban J connectivity index is 1.44. The van der Waals surface area contributed by atoms with Crippen LogP contribution in [-0.4, -0.2) is 146 Å². The van der Waals surface area contributed by atoms with Crippen LogP contribution in [-0.2, 0) is 57.1 Å². The van der Waals surface area contributed by atoms with Gasteiger partial charge in [-0.05, 0) is 120 Å². The number of nitrogens with zero attached hydrogens (tertiary/aromatic N) is 1. The Morgan fingerprint density at radius 3 is 2.28 bits per heavy atom. The van der Waals surface area contributed by atoms with Crippen molar-refractivity contribution >= 4 is 29.2 Å². The van der Waals surface area contributed by atoms with Crippen molar-refractivity contribution in [3.63, 3.8) is 0 Å². The van der Waals surface area contributed by atoms with Crippen LogP contribution in [0.2, 0.25) is 0 Å². The van der Waals surface area contributed by atoms with Crippen LogP contribution in [0.5, 0.6) is 0 Å². The number of allylic oxidation sites excluding steroid dienone is 6. The zero-order chi connectivity index (χ0) is 52.0. The van der Waals surface area contributed by atoms with Crippen molar-refractivity contribution in [2.24, 2.45) is 35.5 Å². The third kappa shape index (κ3) is 15.8. The number of carbonyl (C=O) groups is 5. The van der Waals surface area contributed by atoms with Crippen molar-refractivity contribution in [2.75, 3.05) is 41.1 Å². The number of aliphatic hydroxyl groups excluding tert-OH is 1. The molecule has 0 aromatic heterocycles. The number of Topliss-reactive ketones (excluding diaryl/α,β-unsaturated/α-hetero) is 3. The van der Waals surface area contributed by atoms with Gasteiger partial charge in [-0.2, -0.15) is 0 Å². The maximum Gasteiger partial charge on any atom is 0.329 e. The standard InChI is InChI=1S/C56H87NO14/c1-34-17-12-11-13-18-35(2)47(65-8)31-42-23-21-40(7)56(64,71-42)53(61)54(62)57-25-15-14-20-44(57)55(63)70-48(32-45(58)36(3)28-39(6)51(60)52(67-10)50(59)38(5)27-34)37(4)29-41-22-24-46(49(30-41)66-9)69-43-19-16-26-68-33-43/h11-13,17-18,28,34,36-38,40-44,46-49,51-52,60,64H,14-16,19-27,29-33H2,1-10H3/b13-11+,17-12+,35-18+,39-28+/t34-,36-,37+,38-,40-,41-,42+,43?,44+,46?,47+,48+,49?,51?,52+,56-/m1/s1. The molecule has 71 heavy (non-hydrogen) atoms. The smallest absolute Gasteiger partial charge is 0.329 e. The first-order chi connectivity index (χ1) is 33.8. The Hall–Kier alpha value is -3.41. The van der Waals surface area contributed by atoms with E-state index in [0.717, 1.165) is 37.9 Å². The molecule has 1 saturated carbocycles. The summed E-state index contributed by atoms with van der Waals surface area (Å²) in [5.41, 5.74) is 1.28. The highest BCUT2D eigenvalue weighted by Gasteiger charge is 2.53. The lowest BCUT2D eigenvalue weighted by Crippen LogP contribution is -2.61. The fraction of sp³-hybridized carbons (Fsp3) is 0.768. The molecule has 4 aliphatic heterocycles. The minimum Gasteiger partial charge on any atom is -0.460 e. The molecule has 0 radical (unpaired) electrons. The molecule has 15 heteroatoms. The first-order valence-corrected chi connectivity index (χ1v) is 26.5. The summed E-state index contributed by atoms with van der Waals surface area (Å²) in [5.74, 6) is -7.80. The van der Waals surface area contributed by atoms with E-state index in [0.29, 0.717) is 63.5 Å². The first kappa shape index (κ1) is 58.5. The molecule has 1 aliphatic carbocycles. The van der Waals surface area contributed by atoms with Crippen LogP contribution >= 0.6 is 0 Å². The van der Waals surface area contributed by atoms with Crippen LogP contribution in [0.3, 0.4) is 0 Å². The van der Waals surface area contributed by atoms with E-state index in [-0.39, 0.29) is 67.0 Å². The fourth-order valence-corrected chi connectivity index (χ4v) is 11.3. The van der Waals surface area contributed by atoms with E-state index in [1.165, 1.54) is 12.0 Å². The van der Waals surface area contributed by atoms with E-state index in [1.54, 1.807) is 41.1 Å². The van der Waals surface area contributed by atoms with Crippen LogP contribution < -0.4 is 0 Å². The van der Waals surface area contributed by atoms with Gasteiger partial charge in [0.15, 0.2) is 5.78 Å². The van der Waals surface area contributed by atoms with Gasteiger partial charge in [0.25, 0.3) is 11.7 Å². The predicted octanol–water partition coefficient (Wildman–Crippen LogP) is 7.38. The average molecular weight is 998 g/mol. The molecular weight excluding hydrogens is 911 g/mol. The molecule has 4 fully saturated rings. The number of fused-ring (bicyclic) bond motifs is 3. The number of esters is 1. The van der Waals surface area contributed by atoms with E-state index < -0.39 is 77.8 Å². The number of methoxy groups -OCH3 is 3. The lowest BCUT2D eigenvalue weighted by atomic mass is 9.78. The number of hydrogen-bond donors (Lipinski definition) is 2. The largest absolute Gasteiger partial charge is 0.460 e. The number of rotatable bonds is 8. The highest BCUT2D eigenvalue weighted by atomic mass is 16.6. The minimum absolute atomic E-state index is 0.0203. The lowest BCUT2D eigenvalue weighted by Gasteiger charge is -2.42. The van der Waals surface area contributed by atoms with Gasteiger partial charge in [0.05, 0.1) is 37.1 Å². The monoisotopic (exact) mass is 998 g/mol. The van der Waals surface area contributed by atoms with Crippen molar-refractivity contribution in [1.29, 1.82) is 0 Å². The topological polar surface area (TPSA) is 194 Å². The van der Waals surface area contributed by atoms with Gasteiger partial charge in [-0.15, -0.1) is 0 Å². The predicted molar refractivity (Wildman–Crippen MR) is 268 cm³/mol. The number of carbonyl (C=O) groups excluding carboxylic acids is 5. The molecule has 0 aromatic rings. The zero-order valence-corrected chi connectivity index (χ0v) is 44.4. The second-order valence-corrected chi connectivity index (χ2v) is 21.5. The SMILES string of the molecule is COC1C[C@@H](C[C@H](C)[C@@H]2CC(=O)[C@H](C)/C=C(\C)C(O)[C@@H](OC)C(=O)[C@H](C)C[C@H](C)/C=C/C=C/C=C(\C)[C@@H](OC)C[C@@H]3CC[C@@H](C)[C@@](O)(O3)C(=O)C(=O)N3CCCC[C@H]3C(=O)O2)CCC1OC1CCCOC1. The molecule has 0 spiro atoms. The third-order valence-electron chi connectivity index (χ3n) is 15.9. The molecule has 15 nitrogen and oxygen atoms in total. The summed E-state index contributed by atoms with van der Waals surface area (Å²) in [6.07, 6.45) is 14.5. The van der Waals surface area contributed by atoms with Gasteiger partial charge in [-0.25, -0.2) is 4.79 Å². The third-order valence-corrected chi connectivity index (χ3v) is 15.9. The maximum atomic E-state index is 14.6. The fourth-order valence-electron chi connectivity index (χ4n) is 11.3. The molecule has 400 valence electrons. The highest BCUT2D eigenvalue weighted by Crippen LogP contribution is 2.38. The van der Waals surface area contributed by atoms with Gasteiger partial charge < -0.3 is 48.3 Å². The Kier molecular flexibility index (Phi) is 22.9. The summed E-state index contributed by atoms with van der Waals surface area (Å²) in [4.78, 5) is 72.5. The summed E-state index contributed by atoms with van der Waals surface area (Å²) in [7, 11) is 4.67. The van der Waals surface area contributed by atoms with Crippen molar-refractivity contribution in [3.8, 4) is 0 Å². The maximum absolute atomic E-state index is 14.6. The van der Waals surface area contributed by atoms with E-state index in [4.69, 9.17) is 33.2 Å². The van der Waals surface area contributed by atoms with E-state index in [9.17, 15) is 34.2 Å². The number of amides is 1. The van der Waals surface area contributed by atoms with Gasteiger partial charge in [-0.3, -0.25) is 19.2 Å². The molecule has 2 N–H and O–H groups in total. The van der Waals surface area contributed by atoms with Crippen molar-refractivity contribution in [3.05, 3.63) is 47.6 Å². The lowest BCUT2D eigenvalue weighted by molar-refractivity contribution is -0.265. The van der Waals surface area contributed by atoms with E-state index in [2.05, 4.69) is 0 Å². The molecule has 4 unspecified atom stereocenters. The molecule has 5 aliphatic rings. The number of aliphatic hydroxyl groups is 2. The van der Waals surface area contributed by atoms with E-state index in [1.807, 2.05) is 58.1 Å². The summed E-state index contributed by atoms with van der Waals surface area (Å²) in [6.45, 7) is 14.2. The normalized spacial score (nSPS) is 40.3. The Morgan fingerprint density at radius 2 is 1.59 bits per heavy atom. The summed E-state index contributed by atoms with van der Waals surface area (Å²) in [6, 6.07) is -1.13. The van der Waals surface area contributed by atoms with Gasteiger partial charge >= 0.3 is 5.97 Å². The molecule has 1 amide bonds. The molecule has 16 atom stereocenters. The average Bonchev–Trinajstić information content (AvgIpc) is 3.36. The van der Waals surface area contributed by atoms with Crippen LogP contribution in [0.25, 0.3) is 0 Å². The number of hydrogen-bond acceptors (Lipinski definition) is 14. The van der Waals surface area contributed by atoms with Gasteiger partial charge in [-0.1, -0.05) is 71.1 Å². The number of ketones is 3. The molecular formula is C56H87NO14. The highest BCUT2D eigenvalue weighted by molar-refractivity contribution is 6.39. The summed E-state index contributed by atoms with van der Waals surface area (Å²) in [5, 5.41) is 23.5. The van der Waals surface area contributed by atoms with Crippen molar-refractivity contribution in [1.82, 2.24) is 4.90 Å². The van der Waals surface area contributed by atoms with Gasteiger partial charge in [0, 0.05) is 65.1 Å². The van der Waals surface area contributed by atoms with Gasteiger partial charge in [0.2, 0.25) is 5.79 Å². The number of ether oxygens (including phenoxy) is 7. The Morgan fingerprint density at radius 1 is 0.831 bits per heavy atom. The Bertz CT molecular complexity index is 1910. The molecule has 0 aromatic carbocycles. The van der Waals surface area contributed by atoms with Crippen molar-refractivity contribution in [2.45, 2.75) is 199 Å². The van der Waals surface area contributed by atoms with Crippen LogP contribution in [0.1, 0.15) is 138 Å². The first-order valence-electron chi connectivity index (χ1n) is 26.5. The Labute approximate surface area is 423 Å². The minimum atomic E-state index is -2.43. The molecule has 4 heterocycles. The second-order valence-electron chi connectivity index (χ2n) is 21.5. The number of piperidine rings is 1. The zero-order valence-electron chi connectivity index (χ0n) is 44.4. The summed E-state index contributed by atoms with van der Waals surface area (Å²) < 4.78 is 42.2. The van der Waals surface area contributed by atoms with Crippen LogP contribution in [0.15, 0.2) is 47.6 Å². The quantitative estimate of drug-likeness (QED) is 0.139.